The fourth-order valence-electron chi connectivity index (χ4n) is 2.10. The zero-order chi connectivity index (χ0) is 12.3. The molecule has 1 aromatic rings. The van der Waals surface area contributed by atoms with Crippen molar-refractivity contribution in [3.05, 3.63) is 18.2 Å². The molecule has 0 N–H and O–H groups in total. The normalized spacial score (nSPS) is 19.2. The molecule has 2 rings (SSSR count). The van der Waals surface area contributed by atoms with Gasteiger partial charge in [0.15, 0.2) is 0 Å². The lowest BCUT2D eigenvalue weighted by Gasteiger charge is -2.23. The number of carbonyl (C=O) groups excluding carboxylic acids is 1. The van der Waals surface area contributed by atoms with Crippen molar-refractivity contribution in [3.8, 4) is 5.88 Å². The number of carbonyl (C=O) groups is 1. The van der Waals surface area contributed by atoms with E-state index in [9.17, 15) is 4.79 Å². The highest BCUT2D eigenvalue weighted by atomic mass is 16.5. The van der Waals surface area contributed by atoms with Crippen LogP contribution in [0.5, 0.6) is 5.88 Å². The fourth-order valence-corrected chi connectivity index (χ4v) is 2.10. The van der Waals surface area contributed by atoms with Crippen molar-refractivity contribution in [2.24, 2.45) is 0 Å². The maximum Gasteiger partial charge on any atom is 0.328 e. The molecule has 5 heteroatoms. The largest absolute Gasteiger partial charge is 0.481 e. The number of methoxy groups -OCH3 is 2. The number of hydrogen-bond donors (Lipinski definition) is 0. The van der Waals surface area contributed by atoms with Gasteiger partial charge in [0.2, 0.25) is 5.88 Å². The molecule has 1 aliphatic rings. The van der Waals surface area contributed by atoms with Crippen LogP contribution in [-0.2, 0) is 9.53 Å². The summed E-state index contributed by atoms with van der Waals surface area (Å²) in [4.78, 5) is 17.9. The van der Waals surface area contributed by atoms with Gasteiger partial charge in [-0.2, -0.15) is 4.98 Å². The molecule has 0 spiro atoms. The van der Waals surface area contributed by atoms with Crippen LogP contribution in [0.1, 0.15) is 12.8 Å². The van der Waals surface area contributed by atoms with Gasteiger partial charge in [0.25, 0.3) is 0 Å². The minimum Gasteiger partial charge on any atom is -0.481 e. The lowest BCUT2D eigenvalue weighted by Crippen LogP contribution is -2.37. The molecule has 1 aromatic heterocycles. The summed E-state index contributed by atoms with van der Waals surface area (Å²) in [6, 6.07) is 5.31. The van der Waals surface area contributed by atoms with Crippen molar-refractivity contribution >= 4 is 11.8 Å². The molecule has 17 heavy (non-hydrogen) atoms. The number of ether oxygens (including phenoxy) is 2. The molecule has 2 heterocycles. The summed E-state index contributed by atoms with van der Waals surface area (Å²) in [6.07, 6.45) is 1.78. The van der Waals surface area contributed by atoms with E-state index in [0.717, 1.165) is 25.2 Å². The Labute approximate surface area is 100 Å². The first-order valence-electron chi connectivity index (χ1n) is 5.62. The maximum atomic E-state index is 11.6. The number of pyridine rings is 1. The minimum atomic E-state index is -0.223. The van der Waals surface area contributed by atoms with E-state index in [2.05, 4.69) is 4.98 Å². The van der Waals surface area contributed by atoms with Crippen LogP contribution in [0.15, 0.2) is 18.2 Å². The summed E-state index contributed by atoms with van der Waals surface area (Å²) in [5.74, 6) is 1.11. The van der Waals surface area contributed by atoms with Gasteiger partial charge in [-0.05, 0) is 18.9 Å². The molecule has 0 bridgehead atoms. The van der Waals surface area contributed by atoms with E-state index in [1.165, 1.54) is 7.11 Å². The summed E-state index contributed by atoms with van der Waals surface area (Å²) in [5, 5.41) is 0. The second kappa shape index (κ2) is 5.03. The Morgan fingerprint density at radius 1 is 1.47 bits per heavy atom. The molecule has 0 aliphatic carbocycles. The number of hydrogen-bond acceptors (Lipinski definition) is 5. The lowest BCUT2D eigenvalue weighted by atomic mass is 10.2. The lowest BCUT2D eigenvalue weighted by molar-refractivity contribution is -0.141. The number of rotatable bonds is 3. The van der Waals surface area contributed by atoms with Crippen molar-refractivity contribution in [3.63, 3.8) is 0 Å². The molecule has 5 nitrogen and oxygen atoms in total. The number of esters is 1. The van der Waals surface area contributed by atoms with Crippen molar-refractivity contribution in [2.45, 2.75) is 18.9 Å². The number of nitrogens with zero attached hydrogens (tertiary/aromatic N) is 2. The average Bonchev–Trinajstić information content (AvgIpc) is 2.87. The first-order chi connectivity index (χ1) is 8.26. The van der Waals surface area contributed by atoms with Gasteiger partial charge in [0, 0.05) is 12.6 Å². The maximum absolute atomic E-state index is 11.6. The quantitative estimate of drug-likeness (QED) is 0.739. The SMILES string of the molecule is COC(=O)C1CCCN1c1cccc(OC)n1. The summed E-state index contributed by atoms with van der Waals surface area (Å²) in [6.45, 7) is 0.819. The van der Waals surface area contributed by atoms with E-state index in [0.29, 0.717) is 5.88 Å². The second-order valence-corrected chi connectivity index (χ2v) is 3.91. The van der Waals surface area contributed by atoms with Crippen LogP contribution in [0.4, 0.5) is 5.82 Å². The molecule has 92 valence electrons. The van der Waals surface area contributed by atoms with Gasteiger partial charge >= 0.3 is 5.97 Å². The van der Waals surface area contributed by atoms with E-state index in [4.69, 9.17) is 9.47 Å². The molecule has 0 saturated carbocycles. The van der Waals surface area contributed by atoms with Gasteiger partial charge < -0.3 is 14.4 Å². The first-order valence-corrected chi connectivity index (χ1v) is 5.62. The number of anilines is 1. The summed E-state index contributed by atoms with van der Waals surface area (Å²) >= 11 is 0. The van der Waals surface area contributed by atoms with Crippen molar-refractivity contribution < 1.29 is 14.3 Å². The third-order valence-electron chi connectivity index (χ3n) is 2.94. The molecule has 0 radical (unpaired) electrons. The third-order valence-corrected chi connectivity index (χ3v) is 2.94. The highest BCUT2D eigenvalue weighted by Crippen LogP contribution is 2.25. The minimum absolute atomic E-state index is 0.202. The predicted molar refractivity (Wildman–Crippen MR) is 63.2 cm³/mol. The highest BCUT2D eigenvalue weighted by molar-refractivity contribution is 5.80. The third kappa shape index (κ3) is 2.33. The Balaban J connectivity index is 2.22. The van der Waals surface area contributed by atoms with Gasteiger partial charge in [0.1, 0.15) is 11.9 Å². The zero-order valence-electron chi connectivity index (χ0n) is 10.0. The van der Waals surface area contributed by atoms with Crippen LogP contribution in [0.3, 0.4) is 0 Å². The summed E-state index contributed by atoms with van der Waals surface area (Å²) in [7, 11) is 2.99. The molecular weight excluding hydrogens is 220 g/mol. The molecule has 0 aromatic carbocycles. The second-order valence-electron chi connectivity index (χ2n) is 3.91. The van der Waals surface area contributed by atoms with E-state index < -0.39 is 0 Å². The van der Waals surface area contributed by atoms with Crippen LogP contribution in [0.2, 0.25) is 0 Å². The van der Waals surface area contributed by atoms with E-state index in [1.54, 1.807) is 13.2 Å². The predicted octanol–water partition coefficient (Wildman–Crippen LogP) is 1.23. The molecule has 0 amide bonds. The Bertz CT molecular complexity index is 408. The average molecular weight is 236 g/mol. The van der Waals surface area contributed by atoms with Gasteiger partial charge in [-0.1, -0.05) is 6.07 Å². The molecule has 1 unspecified atom stereocenters. The molecule has 1 saturated heterocycles. The molecule has 1 aliphatic heterocycles. The summed E-state index contributed by atoms with van der Waals surface area (Å²) in [5.41, 5.74) is 0. The monoisotopic (exact) mass is 236 g/mol. The van der Waals surface area contributed by atoms with Crippen LogP contribution in [0, 0.1) is 0 Å². The standard InChI is InChI=1S/C12H16N2O3/c1-16-11-7-3-6-10(13-11)14-8-4-5-9(14)12(15)17-2/h3,6-7,9H,4-5,8H2,1-2H3. The van der Waals surface area contributed by atoms with Crippen LogP contribution < -0.4 is 9.64 Å². The Kier molecular flexibility index (Phi) is 3.46. The summed E-state index contributed by atoms with van der Waals surface area (Å²) < 4.78 is 9.89. The highest BCUT2D eigenvalue weighted by Gasteiger charge is 2.32. The number of aromatic nitrogens is 1. The van der Waals surface area contributed by atoms with Crippen LogP contribution in [-0.4, -0.2) is 37.8 Å². The van der Waals surface area contributed by atoms with Gasteiger partial charge in [0.05, 0.1) is 14.2 Å². The Morgan fingerprint density at radius 2 is 2.29 bits per heavy atom. The Morgan fingerprint density at radius 3 is 3.00 bits per heavy atom. The molecular formula is C12H16N2O3. The zero-order valence-corrected chi connectivity index (χ0v) is 10.0. The van der Waals surface area contributed by atoms with Crippen molar-refractivity contribution in [1.82, 2.24) is 4.98 Å². The molecule has 1 fully saturated rings. The van der Waals surface area contributed by atoms with Gasteiger partial charge in [-0.3, -0.25) is 0 Å². The van der Waals surface area contributed by atoms with E-state index in [1.807, 2.05) is 17.0 Å². The Hall–Kier alpha value is -1.78. The smallest absolute Gasteiger partial charge is 0.328 e. The van der Waals surface area contributed by atoms with E-state index >= 15 is 0 Å². The van der Waals surface area contributed by atoms with Gasteiger partial charge in [-0.25, -0.2) is 4.79 Å². The van der Waals surface area contributed by atoms with Crippen LogP contribution >= 0.6 is 0 Å². The molecule has 1 atom stereocenters. The van der Waals surface area contributed by atoms with Crippen molar-refractivity contribution in [1.29, 1.82) is 0 Å². The fraction of sp³-hybridized carbons (Fsp3) is 0.500. The van der Waals surface area contributed by atoms with E-state index in [-0.39, 0.29) is 12.0 Å². The first kappa shape index (κ1) is 11.7. The van der Waals surface area contributed by atoms with Gasteiger partial charge in [-0.15, -0.1) is 0 Å². The van der Waals surface area contributed by atoms with Crippen molar-refractivity contribution in [2.75, 3.05) is 25.7 Å². The van der Waals surface area contributed by atoms with Crippen LogP contribution in [0.25, 0.3) is 0 Å². The topological polar surface area (TPSA) is 51.7 Å².